The molecular formula is C23H26N2O2S. The quantitative estimate of drug-likeness (QED) is 0.728. The van der Waals surface area contributed by atoms with E-state index in [1.54, 1.807) is 11.8 Å². The molecule has 4 nitrogen and oxygen atoms in total. The van der Waals surface area contributed by atoms with Gasteiger partial charge < -0.3 is 9.80 Å². The van der Waals surface area contributed by atoms with Crippen molar-refractivity contribution in [3.8, 4) is 0 Å². The van der Waals surface area contributed by atoms with Gasteiger partial charge in [-0.25, -0.2) is 0 Å². The number of thioether (sulfide) groups is 1. The molecule has 0 aromatic heterocycles. The molecule has 5 heteroatoms. The Hall–Kier alpha value is -2.27. The molecule has 0 radical (unpaired) electrons. The number of nitrogens with zero attached hydrogens (tertiary/aromatic N) is 2. The molecule has 2 amide bonds. The number of hydrogen-bond donors (Lipinski definition) is 0. The van der Waals surface area contributed by atoms with Crippen molar-refractivity contribution in [2.24, 2.45) is 5.92 Å². The average Bonchev–Trinajstić information content (AvgIpc) is 3.53. The van der Waals surface area contributed by atoms with Gasteiger partial charge in [0.2, 0.25) is 11.8 Å². The second-order valence-electron chi connectivity index (χ2n) is 7.67. The summed E-state index contributed by atoms with van der Waals surface area (Å²) in [6.45, 7) is 4.64. The molecule has 0 spiro atoms. The third-order valence-corrected chi connectivity index (χ3v) is 6.61. The molecule has 2 fully saturated rings. The van der Waals surface area contributed by atoms with Crippen LogP contribution in [0.3, 0.4) is 0 Å². The molecule has 1 aliphatic heterocycles. The number of amides is 2. The number of rotatable bonds is 5. The molecule has 0 N–H and O–H groups in total. The zero-order valence-electron chi connectivity index (χ0n) is 16.2. The fourth-order valence-electron chi connectivity index (χ4n) is 3.89. The lowest BCUT2D eigenvalue weighted by atomic mass is 10.1. The molecule has 146 valence electrons. The maximum Gasteiger partial charge on any atom is 0.233 e. The Kier molecular flexibility index (Phi) is 5.72. The first-order chi connectivity index (χ1) is 13.6. The van der Waals surface area contributed by atoms with Crippen LogP contribution >= 0.6 is 11.8 Å². The third-order valence-electron chi connectivity index (χ3n) is 5.63. The van der Waals surface area contributed by atoms with E-state index in [1.165, 1.54) is 11.1 Å². The van der Waals surface area contributed by atoms with Crippen LogP contribution in [-0.4, -0.2) is 53.5 Å². The van der Waals surface area contributed by atoms with Gasteiger partial charge in [-0.3, -0.25) is 9.59 Å². The van der Waals surface area contributed by atoms with E-state index in [4.69, 9.17) is 0 Å². The van der Waals surface area contributed by atoms with Crippen molar-refractivity contribution in [2.45, 2.75) is 24.2 Å². The molecule has 2 atom stereocenters. The Bertz CT molecular complexity index is 847. The molecule has 2 aliphatic rings. The van der Waals surface area contributed by atoms with Crippen molar-refractivity contribution in [1.29, 1.82) is 0 Å². The Morgan fingerprint density at radius 3 is 2.39 bits per heavy atom. The monoisotopic (exact) mass is 394 g/mol. The second-order valence-corrected chi connectivity index (χ2v) is 8.72. The first-order valence-corrected chi connectivity index (χ1v) is 10.9. The maximum atomic E-state index is 12.8. The average molecular weight is 395 g/mol. The fraction of sp³-hybridized carbons (Fsp3) is 0.391. The van der Waals surface area contributed by atoms with Gasteiger partial charge in [-0.15, -0.1) is 11.8 Å². The minimum Gasteiger partial charge on any atom is -0.339 e. The van der Waals surface area contributed by atoms with E-state index in [2.05, 4.69) is 31.2 Å². The zero-order chi connectivity index (χ0) is 19.5. The molecule has 0 unspecified atom stereocenters. The number of carbonyl (C=O) groups is 2. The smallest absolute Gasteiger partial charge is 0.233 e. The highest BCUT2D eigenvalue weighted by atomic mass is 32.2. The van der Waals surface area contributed by atoms with Crippen molar-refractivity contribution in [2.75, 3.05) is 31.9 Å². The van der Waals surface area contributed by atoms with Crippen LogP contribution in [0.5, 0.6) is 0 Å². The predicted molar refractivity (Wildman–Crippen MR) is 112 cm³/mol. The molecule has 2 aromatic rings. The topological polar surface area (TPSA) is 40.6 Å². The Morgan fingerprint density at radius 1 is 0.964 bits per heavy atom. The first-order valence-electron chi connectivity index (χ1n) is 9.93. The van der Waals surface area contributed by atoms with E-state index in [0.29, 0.717) is 37.8 Å². The van der Waals surface area contributed by atoms with Crippen LogP contribution in [0.15, 0.2) is 59.5 Å². The van der Waals surface area contributed by atoms with E-state index in [0.717, 1.165) is 11.3 Å². The summed E-state index contributed by atoms with van der Waals surface area (Å²) in [6.07, 6.45) is 0.953. The fourth-order valence-corrected chi connectivity index (χ4v) is 4.81. The lowest BCUT2D eigenvalue weighted by Crippen LogP contribution is -2.51. The first kappa shape index (κ1) is 19.1. The third kappa shape index (κ3) is 4.41. The summed E-state index contributed by atoms with van der Waals surface area (Å²) in [5.41, 5.74) is 2.47. The van der Waals surface area contributed by atoms with E-state index >= 15 is 0 Å². The van der Waals surface area contributed by atoms with Crippen LogP contribution in [0.25, 0.3) is 0 Å². The number of piperazine rings is 1. The number of hydrogen-bond acceptors (Lipinski definition) is 3. The summed E-state index contributed by atoms with van der Waals surface area (Å²) in [5, 5.41) is 0. The van der Waals surface area contributed by atoms with Crippen LogP contribution in [-0.2, 0) is 9.59 Å². The number of carbonyl (C=O) groups excluding carboxylic acids is 2. The highest BCUT2D eigenvalue weighted by Gasteiger charge is 2.46. The van der Waals surface area contributed by atoms with Gasteiger partial charge in [0.15, 0.2) is 0 Å². The second kappa shape index (κ2) is 8.39. The van der Waals surface area contributed by atoms with E-state index in [1.807, 2.05) is 40.1 Å². The zero-order valence-corrected chi connectivity index (χ0v) is 17.0. The standard InChI is InChI=1S/C23H26N2O2S/c1-17-6-5-9-19(14-17)28-16-22(26)24-10-12-25(13-11-24)23(27)21-15-20(21)18-7-3-2-4-8-18/h2-9,14,20-21H,10-13,15-16H2,1H3/t20-,21+/m0/s1. The van der Waals surface area contributed by atoms with E-state index in [-0.39, 0.29) is 17.7 Å². The number of benzene rings is 2. The van der Waals surface area contributed by atoms with Gasteiger partial charge in [0.05, 0.1) is 5.75 Å². The summed E-state index contributed by atoms with van der Waals surface area (Å²) in [5.74, 6) is 1.37. The van der Waals surface area contributed by atoms with Crippen LogP contribution in [0.1, 0.15) is 23.5 Å². The maximum absolute atomic E-state index is 12.8. The minimum atomic E-state index is 0.126. The summed E-state index contributed by atoms with van der Waals surface area (Å²) in [7, 11) is 0. The lowest BCUT2D eigenvalue weighted by Gasteiger charge is -2.35. The molecule has 1 saturated carbocycles. The van der Waals surface area contributed by atoms with E-state index in [9.17, 15) is 9.59 Å². The summed E-state index contributed by atoms with van der Waals surface area (Å²) in [4.78, 5) is 30.3. The molecule has 1 saturated heterocycles. The van der Waals surface area contributed by atoms with Crippen molar-refractivity contribution in [3.05, 3.63) is 65.7 Å². The molecule has 4 rings (SSSR count). The molecule has 0 bridgehead atoms. The minimum absolute atomic E-state index is 0.126. The van der Waals surface area contributed by atoms with E-state index < -0.39 is 0 Å². The van der Waals surface area contributed by atoms with Gasteiger partial charge in [0, 0.05) is 37.0 Å². The SMILES string of the molecule is Cc1cccc(SCC(=O)N2CCN(C(=O)[C@@H]3C[C@H]3c3ccccc3)CC2)c1. The van der Waals surface area contributed by atoms with Gasteiger partial charge >= 0.3 is 0 Å². The molecule has 1 aliphatic carbocycles. The Balaban J connectivity index is 1.23. The normalized spacial score (nSPS) is 21.5. The van der Waals surface area contributed by atoms with Crippen molar-refractivity contribution < 1.29 is 9.59 Å². The van der Waals surface area contributed by atoms with Crippen LogP contribution < -0.4 is 0 Å². The van der Waals surface area contributed by atoms with Crippen molar-refractivity contribution >= 4 is 23.6 Å². The largest absolute Gasteiger partial charge is 0.339 e. The summed E-state index contributed by atoms with van der Waals surface area (Å²) in [6, 6.07) is 18.5. The Morgan fingerprint density at radius 2 is 1.68 bits per heavy atom. The highest BCUT2D eigenvalue weighted by molar-refractivity contribution is 8.00. The molecule has 1 heterocycles. The van der Waals surface area contributed by atoms with Gasteiger partial charge in [-0.05, 0) is 37.0 Å². The van der Waals surface area contributed by atoms with Crippen molar-refractivity contribution in [3.63, 3.8) is 0 Å². The molecule has 2 aromatic carbocycles. The lowest BCUT2D eigenvalue weighted by molar-refractivity contribution is -0.139. The molecule has 28 heavy (non-hydrogen) atoms. The number of aryl methyl sites for hydroxylation is 1. The summed E-state index contributed by atoms with van der Waals surface area (Å²) >= 11 is 1.58. The van der Waals surface area contributed by atoms with Gasteiger partial charge in [0.1, 0.15) is 0 Å². The van der Waals surface area contributed by atoms with Gasteiger partial charge in [-0.2, -0.15) is 0 Å². The van der Waals surface area contributed by atoms with Crippen LogP contribution in [0.2, 0.25) is 0 Å². The van der Waals surface area contributed by atoms with Crippen LogP contribution in [0, 0.1) is 12.8 Å². The summed E-state index contributed by atoms with van der Waals surface area (Å²) < 4.78 is 0. The highest BCUT2D eigenvalue weighted by Crippen LogP contribution is 2.48. The van der Waals surface area contributed by atoms with Crippen molar-refractivity contribution in [1.82, 2.24) is 9.80 Å². The van der Waals surface area contributed by atoms with Gasteiger partial charge in [-0.1, -0.05) is 48.0 Å². The molecular weight excluding hydrogens is 368 g/mol. The predicted octanol–water partition coefficient (Wildman–Crippen LogP) is 3.56. The van der Waals surface area contributed by atoms with Crippen LogP contribution in [0.4, 0.5) is 0 Å². The van der Waals surface area contributed by atoms with Gasteiger partial charge in [0.25, 0.3) is 0 Å². The Labute approximate surface area is 170 Å².